The van der Waals surface area contributed by atoms with Crippen LogP contribution in [0.25, 0.3) is 0 Å². The molecule has 2 N–H and O–H groups in total. The standard InChI is InChI=1S/C22H37N5O2.HI/c1-23-21(24-17-22(26(2)3)10-13-29-14-11-22)25-18-7-6-12-27(16-18)19-8-5-9-20(15-19)28-4;/h5,8-9,15,18H,6-7,10-14,16-17H2,1-4H3,(H2,23,24,25);1H. The fourth-order valence-electron chi connectivity index (χ4n) is 4.31. The summed E-state index contributed by atoms with van der Waals surface area (Å²) in [4.78, 5) is 9.25. The average molecular weight is 531 g/mol. The van der Waals surface area contributed by atoms with E-state index in [2.05, 4.69) is 57.7 Å². The van der Waals surface area contributed by atoms with Gasteiger partial charge in [0.1, 0.15) is 5.75 Å². The van der Waals surface area contributed by atoms with Crippen LogP contribution in [0.3, 0.4) is 0 Å². The zero-order chi connectivity index (χ0) is 20.7. The normalized spacial score (nSPS) is 21.7. The van der Waals surface area contributed by atoms with Gasteiger partial charge in [-0.25, -0.2) is 0 Å². The molecule has 8 heteroatoms. The van der Waals surface area contributed by atoms with Crippen molar-refractivity contribution in [1.82, 2.24) is 15.5 Å². The van der Waals surface area contributed by atoms with Gasteiger partial charge in [-0.1, -0.05) is 6.07 Å². The summed E-state index contributed by atoms with van der Waals surface area (Å²) in [6.45, 7) is 4.55. The minimum atomic E-state index is 0. The highest BCUT2D eigenvalue weighted by Crippen LogP contribution is 2.26. The van der Waals surface area contributed by atoms with Crippen LogP contribution in [0.5, 0.6) is 5.75 Å². The third-order valence-electron chi connectivity index (χ3n) is 6.36. The number of aliphatic imine (C=N–C) groups is 1. The summed E-state index contributed by atoms with van der Waals surface area (Å²) < 4.78 is 11.0. The molecule has 30 heavy (non-hydrogen) atoms. The molecule has 2 saturated heterocycles. The van der Waals surface area contributed by atoms with E-state index in [9.17, 15) is 0 Å². The van der Waals surface area contributed by atoms with Crippen molar-refractivity contribution >= 4 is 35.6 Å². The summed E-state index contributed by atoms with van der Waals surface area (Å²) in [6.07, 6.45) is 4.38. The van der Waals surface area contributed by atoms with Crippen LogP contribution in [0.2, 0.25) is 0 Å². The molecule has 0 saturated carbocycles. The number of piperidine rings is 1. The van der Waals surface area contributed by atoms with Crippen molar-refractivity contribution in [1.29, 1.82) is 0 Å². The second-order valence-corrected chi connectivity index (χ2v) is 8.29. The lowest BCUT2D eigenvalue weighted by molar-refractivity contribution is -0.00503. The highest BCUT2D eigenvalue weighted by atomic mass is 127. The van der Waals surface area contributed by atoms with E-state index in [1.807, 2.05) is 13.1 Å². The molecule has 1 aromatic carbocycles. The Morgan fingerprint density at radius 2 is 2.10 bits per heavy atom. The van der Waals surface area contributed by atoms with Gasteiger partial charge < -0.3 is 29.9 Å². The molecule has 0 aromatic heterocycles. The highest BCUT2D eigenvalue weighted by Gasteiger charge is 2.35. The molecule has 0 aliphatic carbocycles. The van der Waals surface area contributed by atoms with Crippen molar-refractivity contribution in [2.45, 2.75) is 37.3 Å². The Kier molecular flexibility index (Phi) is 9.96. The lowest BCUT2D eigenvalue weighted by atomic mass is 9.88. The van der Waals surface area contributed by atoms with E-state index in [4.69, 9.17) is 9.47 Å². The van der Waals surface area contributed by atoms with Gasteiger partial charge in [-0.15, -0.1) is 24.0 Å². The van der Waals surface area contributed by atoms with Gasteiger partial charge in [0.15, 0.2) is 5.96 Å². The first kappa shape index (κ1) is 25.0. The first-order valence-electron chi connectivity index (χ1n) is 10.7. The molecule has 2 fully saturated rings. The van der Waals surface area contributed by atoms with E-state index >= 15 is 0 Å². The first-order valence-corrected chi connectivity index (χ1v) is 10.7. The number of likely N-dealkylation sites (N-methyl/N-ethyl adjacent to an activating group) is 1. The topological polar surface area (TPSA) is 61.4 Å². The van der Waals surface area contributed by atoms with Crippen LogP contribution in [-0.2, 0) is 4.74 Å². The number of hydrogen-bond donors (Lipinski definition) is 2. The quantitative estimate of drug-likeness (QED) is 0.335. The van der Waals surface area contributed by atoms with Crippen molar-refractivity contribution in [3.05, 3.63) is 24.3 Å². The van der Waals surface area contributed by atoms with Crippen LogP contribution < -0.4 is 20.3 Å². The molecular weight excluding hydrogens is 493 g/mol. The Balaban J connectivity index is 0.00000320. The summed E-state index contributed by atoms with van der Waals surface area (Å²) in [5, 5.41) is 7.23. The molecule has 0 radical (unpaired) electrons. The smallest absolute Gasteiger partial charge is 0.191 e. The number of rotatable bonds is 6. The molecular formula is C22H38IN5O2. The largest absolute Gasteiger partial charge is 0.497 e. The summed E-state index contributed by atoms with van der Waals surface area (Å²) in [5.41, 5.74) is 1.34. The van der Waals surface area contributed by atoms with Gasteiger partial charge in [0.25, 0.3) is 0 Å². The summed E-state index contributed by atoms with van der Waals surface area (Å²) >= 11 is 0. The van der Waals surface area contributed by atoms with E-state index in [-0.39, 0.29) is 29.5 Å². The van der Waals surface area contributed by atoms with Crippen LogP contribution in [-0.4, -0.2) is 83.5 Å². The molecule has 3 rings (SSSR count). The first-order chi connectivity index (χ1) is 14.1. The molecule has 2 aliphatic rings. The fraction of sp³-hybridized carbons (Fsp3) is 0.682. The monoisotopic (exact) mass is 531 g/mol. The zero-order valence-electron chi connectivity index (χ0n) is 18.8. The van der Waals surface area contributed by atoms with Crippen molar-refractivity contribution in [3.63, 3.8) is 0 Å². The lowest BCUT2D eigenvalue weighted by Crippen LogP contribution is -2.58. The van der Waals surface area contributed by atoms with Gasteiger partial charge in [-0.3, -0.25) is 4.99 Å². The number of nitrogens with zero attached hydrogens (tertiary/aromatic N) is 3. The van der Waals surface area contributed by atoms with Crippen LogP contribution in [0.1, 0.15) is 25.7 Å². The van der Waals surface area contributed by atoms with E-state index in [1.165, 1.54) is 5.69 Å². The molecule has 170 valence electrons. The third-order valence-corrected chi connectivity index (χ3v) is 6.36. The maximum Gasteiger partial charge on any atom is 0.191 e. The number of hydrogen-bond acceptors (Lipinski definition) is 5. The maximum absolute atomic E-state index is 5.59. The number of guanidine groups is 1. The van der Waals surface area contributed by atoms with Gasteiger partial charge in [-0.05, 0) is 51.9 Å². The van der Waals surface area contributed by atoms with Crippen molar-refractivity contribution in [3.8, 4) is 5.75 Å². The maximum atomic E-state index is 5.59. The van der Waals surface area contributed by atoms with Gasteiger partial charge >= 0.3 is 0 Å². The van der Waals surface area contributed by atoms with E-state index in [1.54, 1.807) is 7.11 Å². The predicted molar refractivity (Wildman–Crippen MR) is 135 cm³/mol. The van der Waals surface area contributed by atoms with Crippen molar-refractivity contribution < 1.29 is 9.47 Å². The molecule has 0 amide bonds. The number of methoxy groups -OCH3 is 1. The van der Waals surface area contributed by atoms with Gasteiger partial charge in [0.05, 0.1) is 7.11 Å². The predicted octanol–water partition coefficient (Wildman–Crippen LogP) is 2.56. The van der Waals surface area contributed by atoms with E-state index < -0.39 is 0 Å². The van der Waals surface area contributed by atoms with Gasteiger partial charge in [0.2, 0.25) is 0 Å². The minimum Gasteiger partial charge on any atom is -0.497 e. The SMILES string of the molecule is CN=C(NCC1(N(C)C)CCOCC1)NC1CCCN(c2cccc(OC)c2)C1.I. The van der Waals surface area contributed by atoms with Gasteiger partial charge in [0, 0.05) is 63.2 Å². The molecule has 1 unspecified atom stereocenters. The Labute approximate surface area is 198 Å². The van der Waals surface area contributed by atoms with Crippen LogP contribution in [0, 0.1) is 0 Å². The Bertz CT molecular complexity index is 679. The molecule has 1 atom stereocenters. The zero-order valence-corrected chi connectivity index (χ0v) is 21.1. The Morgan fingerprint density at radius 1 is 1.33 bits per heavy atom. The highest BCUT2D eigenvalue weighted by molar-refractivity contribution is 14.0. The van der Waals surface area contributed by atoms with Crippen LogP contribution >= 0.6 is 24.0 Å². The summed E-state index contributed by atoms with van der Waals surface area (Å²) in [5.74, 6) is 1.79. The summed E-state index contributed by atoms with van der Waals surface area (Å²) in [6, 6.07) is 8.68. The Morgan fingerprint density at radius 3 is 2.77 bits per heavy atom. The molecule has 0 spiro atoms. The second-order valence-electron chi connectivity index (χ2n) is 8.29. The molecule has 2 aliphatic heterocycles. The molecule has 7 nitrogen and oxygen atoms in total. The number of nitrogens with one attached hydrogen (secondary N) is 2. The minimum absolute atomic E-state index is 0. The van der Waals surface area contributed by atoms with E-state index in [0.29, 0.717) is 6.04 Å². The fourth-order valence-corrected chi connectivity index (χ4v) is 4.31. The number of halogens is 1. The second kappa shape index (κ2) is 12.0. The molecule has 0 bridgehead atoms. The third kappa shape index (κ3) is 6.37. The van der Waals surface area contributed by atoms with Gasteiger partial charge in [-0.2, -0.15) is 0 Å². The van der Waals surface area contributed by atoms with Crippen molar-refractivity contribution in [2.24, 2.45) is 4.99 Å². The molecule has 1 aromatic rings. The Hall–Kier alpha value is -1.26. The van der Waals surface area contributed by atoms with Crippen LogP contribution in [0.4, 0.5) is 5.69 Å². The number of anilines is 1. The average Bonchev–Trinajstić information content (AvgIpc) is 2.77. The number of ether oxygens (including phenoxy) is 2. The van der Waals surface area contributed by atoms with E-state index in [0.717, 1.165) is 70.2 Å². The lowest BCUT2D eigenvalue weighted by Gasteiger charge is -2.43. The number of benzene rings is 1. The summed E-state index contributed by atoms with van der Waals surface area (Å²) in [7, 11) is 7.89. The van der Waals surface area contributed by atoms with Crippen LogP contribution in [0.15, 0.2) is 29.3 Å². The molecule has 2 heterocycles. The van der Waals surface area contributed by atoms with Crippen molar-refractivity contribution in [2.75, 3.05) is 66.0 Å².